The molecule has 6 nitrogen and oxygen atoms in total. The van der Waals surface area contributed by atoms with Crippen LogP contribution in [0.4, 0.5) is 4.39 Å². The lowest BCUT2D eigenvalue weighted by molar-refractivity contribution is -0.118. The molecule has 0 radical (unpaired) electrons. The number of hydrogen-bond acceptors (Lipinski definition) is 4. The Morgan fingerprint density at radius 1 is 1.32 bits per heavy atom. The number of carbonyl (C=O) groups is 1. The molecule has 2 N–H and O–H groups in total. The number of aromatic nitrogens is 3. The van der Waals surface area contributed by atoms with Gasteiger partial charge < -0.3 is 10.3 Å². The topological polar surface area (TPSA) is 79.8 Å². The highest BCUT2D eigenvalue weighted by Gasteiger charge is 2.15. The molecule has 0 aliphatic heterocycles. The molecule has 0 saturated heterocycles. The van der Waals surface area contributed by atoms with Gasteiger partial charge in [-0.1, -0.05) is 37.7 Å². The zero-order valence-corrected chi connectivity index (χ0v) is 16.9. The van der Waals surface area contributed by atoms with Crippen molar-refractivity contribution in [3.05, 3.63) is 57.8 Å². The van der Waals surface area contributed by atoms with E-state index >= 15 is 0 Å². The van der Waals surface area contributed by atoms with Crippen molar-refractivity contribution in [1.82, 2.24) is 19.9 Å². The number of nitrogens with one attached hydrogen (secondary N) is 2. The summed E-state index contributed by atoms with van der Waals surface area (Å²) >= 11 is 1.24. The second-order valence-corrected chi connectivity index (χ2v) is 8.05. The summed E-state index contributed by atoms with van der Waals surface area (Å²) in [6.45, 7) is 6.78. The maximum Gasteiger partial charge on any atom is 0.278 e. The summed E-state index contributed by atoms with van der Waals surface area (Å²) in [7, 11) is 0. The van der Waals surface area contributed by atoms with Crippen molar-refractivity contribution in [2.75, 3.05) is 5.75 Å². The Hall–Kier alpha value is -2.61. The lowest BCUT2D eigenvalue weighted by Gasteiger charge is -2.14. The van der Waals surface area contributed by atoms with E-state index < -0.39 is 0 Å². The molecule has 3 rings (SSSR count). The normalized spacial score (nSPS) is 11.3. The van der Waals surface area contributed by atoms with Crippen molar-refractivity contribution in [1.29, 1.82) is 0 Å². The fraction of sp³-hybridized carbons (Fsp3) is 0.350. The molecule has 1 aromatic carbocycles. The number of aryl methyl sites for hydroxylation is 1. The van der Waals surface area contributed by atoms with Gasteiger partial charge in [0, 0.05) is 18.8 Å². The molecule has 0 aliphatic carbocycles. The van der Waals surface area contributed by atoms with Gasteiger partial charge in [-0.25, -0.2) is 9.37 Å². The second kappa shape index (κ2) is 8.60. The molecule has 0 aliphatic rings. The minimum absolute atomic E-state index is 0.124. The van der Waals surface area contributed by atoms with Crippen LogP contribution in [0.15, 0.2) is 40.3 Å². The summed E-state index contributed by atoms with van der Waals surface area (Å²) in [4.78, 5) is 32.7. The van der Waals surface area contributed by atoms with E-state index in [-0.39, 0.29) is 29.0 Å². The number of amides is 1. The van der Waals surface area contributed by atoms with Gasteiger partial charge >= 0.3 is 0 Å². The van der Waals surface area contributed by atoms with Crippen LogP contribution in [0.5, 0.6) is 0 Å². The summed E-state index contributed by atoms with van der Waals surface area (Å²) in [5.41, 5.74) is 2.66. The third kappa shape index (κ3) is 4.81. The monoisotopic (exact) mass is 402 g/mol. The predicted octanol–water partition coefficient (Wildman–Crippen LogP) is 3.24. The molecule has 0 spiro atoms. The van der Waals surface area contributed by atoms with E-state index in [1.54, 1.807) is 16.7 Å². The lowest BCUT2D eigenvalue weighted by Crippen LogP contribution is -2.27. The number of rotatable bonds is 7. The van der Waals surface area contributed by atoms with Crippen LogP contribution < -0.4 is 10.9 Å². The van der Waals surface area contributed by atoms with Crippen molar-refractivity contribution in [2.45, 2.75) is 39.0 Å². The highest BCUT2D eigenvalue weighted by molar-refractivity contribution is 7.99. The van der Waals surface area contributed by atoms with Crippen LogP contribution in [0, 0.1) is 18.7 Å². The maximum atomic E-state index is 12.9. The van der Waals surface area contributed by atoms with Crippen LogP contribution in [0.1, 0.15) is 25.1 Å². The number of benzene rings is 1. The molecule has 3 aromatic rings. The van der Waals surface area contributed by atoms with Crippen LogP contribution >= 0.6 is 11.8 Å². The Morgan fingerprint density at radius 3 is 2.71 bits per heavy atom. The van der Waals surface area contributed by atoms with E-state index in [1.165, 1.54) is 23.9 Å². The predicted molar refractivity (Wildman–Crippen MR) is 109 cm³/mol. The largest absolute Gasteiger partial charge is 0.353 e. The molecule has 1 amide bonds. The first-order valence-corrected chi connectivity index (χ1v) is 10.1. The molecule has 28 heavy (non-hydrogen) atoms. The van der Waals surface area contributed by atoms with E-state index in [0.717, 1.165) is 11.3 Å². The number of H-pyrrole nitrogens is 1. The standard InChI is InChI=1S/C20H23FN4O2S/c1-12(2)10-25-19(27)18-16(8-13(3)23-18)24-20(25)28-11-17(26)22-9-14-4-6-15(21)7-5-14/h4-8,12,23H,9-11H2,1-3H3,(H,22,26). The van der Waals surface area contributed by atoms with Gasteiger partial charge in [-0.15, -0.1) is 0 Å². The Morgan fingerprint density at radius 2 is 2.04 bits per heavy atom. The second-order valence-electron chi connectivity index (χ2n) is 7.11. The van der Waals surface area contributed by atoms with Crippen molar-refractivity contribution >= 4 is 28.7 Å². The highest BCUT2D eigenvalue weighted by atomic mass is 32.2. The maximum absolute atomic E-state index is 12.9. The lowest BCUT2D eigenvalue weighted by atomic mass is 10.2. The smallest absolute Gasteiger partial charge is 0.278 e. The van der Waals surface area contributed by atoms with Gasteiger partial charge in [0.1, 0.15) is 11.3 Å². The minimum atomic E-state index is -0.310. The van der Waals surface area contributed by atoms with Gasteiger partial charge in [0.15, 0.2) is 5.16 Å². The van der Waals surface area contributed by atoms with Crippen molar-refractivity contribution in [3.63, 3.8) is 0 Å². The molecular weight excluding hydrogens is 379 g/mol. The third-order valence-corrected chi connectivity index (χ3v) is 5.10. The number of nitrogens with zero attached hydrogens (tertiary/aromatic N) is 2. The average molecular weight is 402 g/mol. The zero-order chi connectivity index (χ0) is 20.3. The Kier molecular flexibility index (Phi) is 6.18. The molecule has 0 atom stereocenters. The minimum Gasteiger partial charge on any atom is -0.353 e. The number of aromatic amines is 1. The Bertz CT molecular complexity index is 1040. The summed E-state index contributed by atoms with van der Waals surface area (Å²) in [5.74, 6) is -0.0828. The summed E-state index contributed by atoms with van der Waals surface area (Å²) in [6, 6.07) is 7.81. The quantitative estimate of drug-likeness (QED) is 0.470. The molecular formula is C20H23FN4O2S. The van der Waals surface area contributed by atoms with E-state index in [1.807, 2.05) is 26.8 Å². The summed E-state index contributed by atoms with van der Waals surface area (Å²) < 4.78 is 14.6. The van der Waals surface area contributed by atoms with E-state index in [9.17, 15) is 14.0 Å². The fourth-order valence-electron chi connectivity index (χ4n) is 2.83. The van der Waals surface area contributed by atoms with Gasteiger partial charge in [-0.2, -0.15) is 0 Å². The van der Waals surface area contributed by atoms with Crippen molar-refractivity contribution in [2.24, 2.45) is 5.92 Å². The summed E-state index contributed by atoms with van der Waals surface area (Å²) in [6.07, 6.45) is 0. The Balaban J connectivity index is 1.72. The molecule has 2 aromatic heterocycles. The molecule has 0 bridgehead atoms. The van der Waals surface area contributed by atoms with E-state index in [4.69, 9.17) is 0 Å². The first-order chi connectivity index (χ1) is 13.3. The van der Waals surface area contributed by atoms with Crippen LogP contribution in [-0.2, 0) is 17.9 Å². The first-order valence-electron chi connectivity index (χ1n) is 9.07. The molecule has 0 fully saturated rings. The van der Waals surface area contributed by atoms with Crippen LogP contribution in [0.25, 0.3) is 11.0 Å². The van der Waals surface area contributed by atoms with Crippen LogP contribution in [0.2, 0.25) is 0 Å². The first kappa shape index (κ1) is 20.1. The molecule has 148 valence electrons. The van der Waals surface area contributed by atoms with Crippen molar-refractivity contribution < 1.29 is 9.18 Å². The SMILES string of the molecule is Cc1cc2nc(SCC(=O)NCc3ccc(F)cc3)n(CC(C)C)c(=O)c2[nH]1. The van der Waals surface area contributed by atoms with Gasteiger partial charge in [-0.05, 0) is 36.6 Å². The fourth-order valence-corrected chi connectivity index (χ4v) is 3.67. The van der Waals surface area contributed by atoms with Gasteiger partial charge in [0.2, 0.25) is 5.91 Å². The zero-order valence-electron chi connectivity index (χ0n) is 16.1. The number of hydrogen-bond donors (Lipinski definition) is 2. The van der Waals surface area contributed by atoms with Crippen LogP contribution in [-0.4, -0.2) is 26.2 Å². The molecule has 2 heterocycles. The van der Waals surface area contributed by atoms with Crippen LogP contribution in [0.3, 0.4) is 0 Å². The highest BCUT2D eigenvalue weighted by Crippen LogP contribution is 2.19. The summed E-state index contributed by atoms with van der Waals surface area (Å²) in [5, 5.41) is 3.33. The van der Waals surface area contributed by atoms with Crippen molar-refractivity contribution in [3.8, 4) is 0 Å². The number of fused-ring (bicyclic) bond motifs is 1. The Labute approximate surface area is 166 Å². The van der Waals surface area contributed by atoms with E-state index in [0.29, 0.717) is 29.3 Å². The van der Waals surface area contributed by atoms with Gasteiger partial charge in [0.05, 0.1) is 11.3 Å². The molecule has 0 saturated carbocycles. The number of carbonyl (C=O) groups excluding carboxylic acids is 1. The average Bonchev–Trinajstić information content (AvgIpc) is 3.02. The van der Waals surface area contributed by atoms with Gasteiger partial charge in [0.25, 0.3) is 5.56 Å². The molecule has 0 unspecified atom stereocenters. The van der Waals surface area contributed by atoms with Gasteiger partial charge in [-0.3, -0.25) is 14.2 Å². The molecule has 8 heteroatoms. The third-order valence-electron chi connectivity index (χ3n) is 4.12. The van der Waals surface area contributed by atoms with E-state index in [2.05, 4.69) is 15.3 Å². The number of halogens is 1. The number of thioether (sulfide) groups is 1.